The third-order valence-electron chi connectivity index (χ3n) is 6.78. The number of rotatable bonds is 9. The molecule has 1 aromatic heterocycles. The van der Waals surface area contributed by atoms with Gasteiger partial charge in [0, 0.05) is 13.1 Å². The molecular formula is C33H29N2O8+. The minimum Gasteiger partial charge on any atom is -0.459 e. The number of hydrogen-bond acceptors (Lipinski definition) is 8. The van der Waals surface area contributed by atoms with Crippen LogP contribution in [0.2, 0.25) is 0 Å². The van der Waals surface area contributed by atoms with Gasteiger partial charge in [-0.25, -0.2) is 14.4 Å². The van der Waals surface area contributed by atoms with Gasteiger partial charge in [-0.1, -0.05) is 54.6 Å². The van der Waals surface area contributed by atoms with Crippen molar-refractivity contribution in [3.63, 3.8) is 0 Å². The molecule has 2 heterocycles. The lowest BCUT2D eigenvalue weighted by Gasteiger charge is -2.23. The first-order valence-electron chi connectivity index (χ1n) is 13.6. The molecule has 0 aliphatic carbocycles. The maximum atomic E-state index is 13.3. The molecule has 218 valence electrons. The molecule has 4 atom stereocenters. The highest BCUT2D eigenvalue weighted by atomic mass is 16.7. The molecule has 0 spiro atoms. The van der Waals surface area contributed by atoms with E-state index in [1.807, 2.05) is 0 Å². The minimum atomic E-state index is -1.19. The molecule has 5 rings (SSSR count). The first-order valence-corrected chi connectivity index (χ1v) is 13.6. The van der Waals surface area contributed by atoms with Crippen molar-refractivity contribution in [1.82, 2.24) is 5.32 Å². The molecule has 1 saturated heterocycles. The van der Waals surface area contributed by atoms with E-state index in [1.54, 1.807) is 114 Å². The predicted octanol–water partition coefficient (Wildman–Crippen LogP) is 3.54. The van der Waals surface area contributed by atoms with Crippen LogP contribution in [0.4, 0.5) is 0 Å². The summed E-state index contributed by atoms with van der Waals surface area (Å²) in [5, 5.41) is 2.57. The summed E-state index contributed by atoms with van der Waals surface area (Å²) >= 11 is 0. The Morgan fingerprint density at radius 1 is 0.674 bits per heavy atom. The van der Waals surface area contributed by atoms with E-state index in [0.717, 1.165) is 0 Å². The summed E-state index contributed by atoms with van der Waals surface area (Å²) in [5.41, 5.74) is 1.19. The highest BCUT2D eigenvalue weighted by molar-refractivity contribution is 5.93. The fourth-order valence-electron chi connectivity index (χ4n) is 4.63. The Morgan fingerprint density at radius 3 is 1.70 bits per heavy atom. The van der Waals surface area contributed by atoms with Gasteiger partial charge in [0.15, 0.2) is 18.5 Å². The molecule has 10 heteroatoms. The first-order chi connectivity index (χ1) is 20.9. The van der Waals surface area contributed by atoms with Crippen molar-refractivity contribution in [3.8, 4) is 0 Å². The summed E-state index contributed by atoms with van der Waals surface area (Å²) in [4.78, 5) is 51.7. The second-order valence-electron chi connectivity index (χ2n) is 9.62. The molecular weight excluding hydrogens is 552 g/mol. The molecule has 1 aliphatic heterocycles. The van der Waals surface area contributed by atoms with Crippen molar-refractivity contribution in [2.45, 2.75) is 24.5 Å². The number of esters is 3. The molecule has 4 aromatic rings. The Kier molecular flexibility index (Phi) is 9.18. The van der Waals surface area contributed by atoms with Crippen LogP contribution in [0, 0.1) is 0 Å². The minimum absolute atomic E-state index is 0.272. The quantitative estimate of drug-likeness (QED) is 0.181. The van der Waals surface area contributed by atoms with Crippen LogP contribution in [0.1, 0.15) is 47.7 Å². The monoisotopic (exact) mass is 581 g/mol. The van der Waals surface area contributed by atoms with Crippen LogP contribution in [0.3, 0.4) is 0 Å². The van der Waals surface area contributed by atoms with E-state index < -0.39 is 42.4 Å². The van der Waals surface area contributed by atoms with Crippen molar-refractivity contribution in [2.75, 3.05) is 13.7 Å². The van der Waals surface area contributed by atoms with Crippen LogP contribution in [-0.2, 0) is 18.9 Å². The lowest BCUT2D eigenvalue weighted by molar-refractivity contribution is -0.765. The topological polar surface area (TPSA) is 121 Å². The van der Waals surface area contributed by atoms with Gasteiger partial charge in [0.1, 0.15) is 18.3 Å². The van der Waals surface area contributed by atoms with Crippen molar-refractivity contribution in [1.29, 1.82) is 0 Å². The number of aromatic nitrogens is 1. The van der Waals surface area contributed by atoms with Gasteiger partial charge in [-0.05, 0) is 42.5 Å². The maximum absolute atomic E-state index is 13.3. The van der Waals surface area contributed by atoms with Gasteiger partial charge in [0.25, 0.3) is 5.91 Å². The van der Waals surface area contributed by atoms with E-state index in [2.05, 4.69) is 5.32 Å². The normalized spacial score (nSPS) is 19.2. The second-order valence-corrected chi connectivity index (χ2v) is 9.62. The van der Waals surface area contributed by atoms with E-state index in [1.165, 1.54) is 13.2 Å². The number of pyridine rings is 1. The summed E-state index contributed by atoms with van der Waals surface area (Å²) < 4.78 is 25.3. The average Bonchev–Trinajstić information content (AvgIpc) is 3.40. The molecule has 1 aliphatic rings. The third kappa shape index (κ3) is 6.94. The zero-order valence-electron chi connectivity index (χ0n) is 23.2. The number of carbonyl (C=O) groups is 4. The number of amides is 1. The zero-order valence-corrected chi connectivity index (χ0v) is 23.2. The van der Waals surface area contributed by atoms with Gasteiger partial charge in [-0.2, -0.15) is 4.57 Å². The second kappa shape index (κ2) is 13.5. The summed E-state index contributed by atoms with van der Waals surface area (Å²) in [6.45, 7) is -0.313. The molecule has 0 saturated carbocycles. The van der Waals surface area contributed by atoms with E-state index in [4.69, 9.17) is 18.9 Å². The van der Waals surface area contributed by atoms with Crippen LogP contribution >= 0.6 is 0 Å². The van der Waals surface area contributed by atoms with Gasteiger partial charge in [0.05, 0.1) is 16.7 Å². The molecule has 1 fully saturated rings. The summed E-state index contributed by atoms with van der Waals surface area (Å²) in [7, 11) is 1.51. The van der Waals surface area contributed by atoms with Gasteiger partial charge in [-0.15, -0.1) is 0 Å². The molecule has 3 aromatic carbocycles. The lowest BCUT2D eigenvalue weighted by Crippen LogP contribution is -2.49. The third-order valence-corrected chi connectivity index (χ3v) is 6.78. The molecule has 1 N–H and O–H groups in total. The van der Waals surface area contributed by atoms with Crippen molar-refractivity contribution in [2.24, 2.45) is 0 Å². The summed E-state index contributed by atoms with van der Waals surface area (Å²) in [6, 6.07) is 28.3. The van der Waals surface area contributed by atoms with Gasteiger partial charge in [-0.3, -0.25) is 4.79 Å². The van der Waals surface area contributed by atoms with Crippen molar-refractivity contribution in [3.05, 3.63) is 138 Å². The summed E-state index contributed by atoms with van der Waals surface area (Å²) in [6.07, 6.45) is -1.30. The molecule has 10 nitrogen and oxygen atoms in total. The van der Waals surface area contributed by atoms with Gasteiger partial charge in [0.2, 0.25) is 6.10 Å². The van der Waals surface area contributed by atoms with Crippen LogP contribution in [-0.4, -0.2) is 55.8 Å². The van der Waals surface area contributed by atoms with Crippen LogP contribution in [0.15, 0.2) is 116 Å². The fourth-order valence-corrected chi connectivity index (χ4v) is 4.63. The SMILES string of the molecule is CNC(=O)c1ccc[n+]([C@@H]2O[C@@H](COC(=O)c3ccccc3)[C@@H](OC(=O)c3ccccc3)[C@H]2OC(=O)c2ccccc2)c1. The van der Waals surface area contributed by atoms with Gasteiger partial charge < -0.3 is 24.3 Å². The fraction of sp³-hybridized carbons (Fsp3) is 0.182. The van der Waals surface area contributed by atoms with Gasteiger partial charge >= 0.3 is 24.1 Å². The number of nitrogens with zero attached hydrogens (tertiary/aromatic N) is 1. The zero-order chi connectivity index (χ0) is 30.2. The molecule has 0 radical (unpaired) electrons. The van der Waals surface area contributed by atoms with E-state index in [-0.39, 0.29) is 23.6 Å². The summed E-state index contributed by atoms with van der Waals surface area (Å²) in [5.74, 6) is -2.30. The van der Waals surface area contributed by atoms with E-state index in [9.17, 15) is 19.2 Å². The molecule has 0 bridgehead atoms. The first kappa shape index (κ1) is 29.2. The van der Waals surface area contributed by atoms with E-state index in [0.29, 0.717) is 11.1 Å². The Balaban J connectivity index is 1.50. The highest BCUT2D eigenvalue weighted by Gasteiger charge is 2.55. The number of carbonyl (C=O) groups excluding carboxylic acids is 4. The molecule has 1 amide bonds. The standard InChI is InChI=1S/C33H28N2O8/c1-34-29(36)25-18-11-19-35(20-25)30-28(43-33(39)24-16-9-4-10-17-24)27(42-32(38)23-14-7-3-8-15-23)26(41-30)21-40-31(37)22-12-5-2-6-13-22/h2-20,26-28,30H,21H2,1H3/p+1/t26-,27+,28+,30+/m0/s1. The Labute approximate surface area is 247 Å². The Bertz CT molecular complexity index is 1580. The Morgan fingerprint density at radius 2 is 1.16 bits per heavy atom. The highest BCUT2D eigenvalue weighted by Crippen LogP contribution is 2.32. The van der Waals surface area contributed by atoms with Crippen molar-refractivity contribution < 1.29 is 42.7 Å². The number of ether oxygens (including phenoxy) is 4. The predicted molar refractivity (Wildman–Crippen MR) is 152 cm³/mol. The smallest absolute Gasteiger partial charge is 0.338 e. The number of hydrogen-bond donors (Lipinski definition) is 1. The van der Waals surface area contributed by atoms with Crippen molar-refractivity contribution >= 4 is 23.8 Å². The lowest BCUT2D eigenvalue weighted by atomic mass is 10.1. The van der Waals surface area contributed by atoms with Crippen LogP contribution in [0.25, 0.3) is 0 Å². The molecule has 43 heavy (non-hydrogen) atoms. The number of nitrogens with one attached hydrogen (secondary N) is 1. The number of benzene rings is 3. The maximum Gasteiger partial charge on any atom is 0.338 e. The average molecular weight is 582 g/mol. The molecule has 0 unspecified atom stereocenters. The van der Waals surface area contributed by atoms with Crippen LogP contribution in [0.5, 0.6) is 0 Å². The largest absolute Gasteiger partial charge is 0.459 e. The van der Waals surface area contributed by atoms with E-state index >= 15 is 0 Å². The van der Waals surface area contributed by atoms with Crippen LogP contribution < -0.4 is 9.88 Å². The Hall–Kier alpha value is -5.35.